The van der Waals surface area contributed by atoms with Crippen LogP contribution in [0.15, 0.2) is 6.07 Å². The van der Waals surface area contributed by atoms with Crippen molar-refractivity contribution in [3.63, 3.8) is 0 Å². The Hall–Kier alpha value is -1.36. The van der Waals surface area contributed by atoms with Crippen molar-refractivity contribution in [1.29, 1.82) is 0 Å². The van der Waals surface area contributed by atoms with Crippen LogP contribution in [0.1, 0.15) is 25.1 Å². The lowest BCUT2D eigenvalue weighted by molar-refractivity contribution is 0.323. The highest BCUT2D eigenvalue weighted by Crippen LogP contribution is 2.34. The molecule has 5 heteroatoms. The minimum Gasteiger partial charge on any atom is -0.357 e. The largest absolute Gasteiger partial charge is 0.357 e. The van der Waals surface area contributed by atoms with Gasteiger partial charge >= 0.3 is 0 Å². The van der Waals surface area contributed by atoms with E-state index in [1.807, 2.05) is 7.05 Å². The monoisotopic (exact) mass is 290 g/mol. The second-order valence-corrected chi connectivity index (χ2v) is 7.12. The van der Waals surface area contributed by atoms with Crippen molar-refractivity contribution in [2.45, 2.75) is 27.2 Å². The van der Waals surface area contributed by atoms with E-state index in [4.69, 9.17) is 4.98 Å². The number of rotatable bonds is 2. The molecule has 3 heterocycles. The third-order valence-electron chi connectivity index (χ3n) is 4.35. The fourth-order valence-corrected chi connectivity index (χ4v) is 3.71. The third-order valence-corrected chi connectivity index (χ3v) is 5.30. The van der Waals surface area contributed by atoms with Crippen LogP contribution in [-0.4, -0.2) is 30.1 Å². The number of fused-ring (bicyclic) bond motifs is 1. The molecule has 1 N–H and O–H groups in total. The van der Waals surface area contributed by atoms with Crippen molar-refractivity contribution in [3.05, 3.63) is 10.9 Å². The van der Waals surface area contributed by atoms with Crippen LogP contribution in [0.5, 0.6) is 0 Å². The molecule has 0 aliphatic carbocycles. The van der Waals surface area contributed by atoms with Gasteiger partial charge < -0.3 is 10.2 Å². The molecule has 2 atom stereocenters. The summed E-state index contributed by atoms with van der Waals surface area (Å²) in [6, 6.07) is 2.22. The molecule has 0 radical (unpaired) electrons. The first kappa shape index (κ1) is 13.6. The molecule has 0 bridgehead atoms. The van der Waals surface area contributed by atoms with E-state index in [0.717, 1.165) is 35.6 Å². The molecule has 0 amide bonds. The lowest BCUT2D eigenvalue weighted by Crippen LogP contribution is -2.39. The highest BCUT2D eigenvalue weighted by molar-refractivity contribution is 7.18. The normalized spacial score (nSPS) is 23.3. The van der Waals surface area contributed by atoms with E-state index in [-0.39, 0.29) is 0 Å². The molecular weight excluding hydrogens is 268 g/mol. The fraction of sp³-hybridized carbons (Fsp3) is 0.600. The fourth-order valence-electron chi connectivity index (χ4n) is 2.83. The van der Waals surface area contributed by atoms with Gasteiger partial charge in [-0.05, 0) is 31.2 Å². The maximum absolute atomic E-state index is 4.73. The van der Waals surface area contributed by atoms with Crippen LogP contribution in [-0.2, 0) is 0 Å². The minimum absolute atomic E-state index is 0.714. The molecule has 1 aliphatic heterocycles. The van der Waals surface area contributed by atoms with E-state index in [0.29, 0.717) is 5.92 Å². The smallest absolute Gasteiger partial charge is 0.225 e. The molecule has 0 aromatic carbocycles. The Morgan fingerprint density at radius 2 is 2.10 bits per heavy atom. The Morgan fingerprint density at radius 1 is 1.30 bits per heavy atom. The van der Waals surface area contributed by atoms with Gasteiger partial charge in [0.1, 0.15) is 10.6 Å². The Balaban J connectivity index is 2.05. The molecule has 20 heavy (non-hydrogen) atoms. The standard InChI is InChI=1S/C15H22N4S/c1-9-5-6-19(8-10(9)2)13-12-7-11(3)20-14(12)18-15(16-4)17-13/h7,9-10H,5-6,8H2,1-4H3,(H,16,17,18). The average molecular weight is 290 g/mol. The minimum atomic E-state index is 0.714. The third kappa shape index (κ3) is 2.35. The van der Waals surface area contributed by atoms with E-state index in [9.17, 15) is 0 Å². The van der Waals surface area contributed by atoms with E-state index in [1.165, 1.54) is 16.7 Å². The summed E-state index contributed by atoms with van der Waals surface area (Å²) in [7, 11) is 1.88. The molecule has 1 aliphatic rings. The van der Waals surface area contributed by atoms with Gasteiger partial charge in [-0.25, -0.2) is 4.98 Å². The molecule has 2 aromatic heterocycles. The van der Waals surface area contributed by atoms with Gasteiger partial charge in [-0.3, -0.25) is 0 Å². The Labute approximate surface area is 124 Å². The van der Waals surface area contributed by atoms with Crippen LogP contribution in [0.3, 0.4) is 0 Å². The maximum atomic E-state index is 4.73. The Morgan fingerprint density at radius 3 is 2.80 bits per heavy atom. The molecule has 3 rings (SSSR count). The summed E-state index contributed by atoms with van der Waals surface area (Å²) in [6.45, 7) is 9.01. The molecule has 108 valence electrons. The molecule has 2 aromatic rings. The lowest BCUT2D eigenvalue weighted by atomic mass is 9.88. The number of anilines is 2. The van der Waals surface area contributed by atoms with Gasteiger partial charge in [-0.15, -0.1) is 11.3 Å². The van der Waals surface area contributed by atoms with Crippen molar-refractivity contribution >= 4 is 33.3 Å². The van der Waals surface area contributed by atoms with Gasteiger partial charge in [0.15, 0.2) is 0 Å². The van der Waals surface area contributed by atoms with Gasteiger partial charge in [-0.1, -0.05) is 13.8 Å². The van der Waals surface area contributed by atoms with Crippen molar-refractivity contribution in [3.8, 4) is 0 Å². The van der Waals surface area contributed by atoms with E-state index in [1.54, 1.807) is 11.3 Å². The highest BCUT2D eigenvalue weighted by Gasteiger charge is 2.25. The maximum Gasteiger partial charge on any atom is 0.225 e. The number of hydrogen-bond acceptors (Lipinski definition) is 5. The van der Waals surface area contributed by atoms with Gasteiger partial charge in [0, 0.05) is 25.0 Å². The van der Waals surface area contributed by atoms with Crippen molar-refractivity contribution in [1.82, 2.24) is 9.97 Å². The summed E-state index contributed by atoms with van der Waals surface area (Å²) in [6.07, 6.45) is 1.24. The quantitative estimate of drug-likeness (QED) is 0.918. The van der Waals surface area contributed by atoms with Crippen LogP contribution in [0.4, 0.5) is 11.8 Å². The summed E-state index contributed by atoms with van der Waals surface area (Å²) in [5.74, 6) is 3.34. The van der Waals surface area contributed by atoms with Gasteiger partial charge in [0.05, 0.1) is 5.39 Å². The zero-order valence-corrected chi connectivity index (χ0v) is 13.4. The second kappa shape index (κ2) is 5.20. The number of piperidine rings is 1. The van der Waals surface area contributed by atoms with Crippen LogP contribution in [0.25, 0.3) is 10.2 Å². The number of nitrogens with zero attached hydrogens (tertiary/aromatic N) is 3. The number of aromatic nitrogens is 2. The van der Waals surface area contributed by atoms with E-state index < -0.39 is 0 Å². The Kier molecular flexibility index (Phi) is 3.54. The Bertz CT molecular complexity index is 622. The number of hydrogen-bond donors (Lipinski definition) is 1. The summed E-state index contributed by atoms with van der Waals surface area (Å²) in [5, 5.41) is 4.29. The van der Waals surface area contributed by atoms with Crippen molar-refractivity contribution in [2.75, 3.05) is 30.4 Å². The topological polar surface area (TPSA) is 41.1 Å². The van der Waals surface area contributed by atoms with E-state index in [2.05, 4.69) is 42.0 Å². The zero-order valence-electron chi connectivity index (χ0n) is 12.6. The molecular formula is C15H22N4S. The number of nitrogens with one attached hydrogen (secondary N) is 1. The second-order valence-electron chi connectivity index (χ2n) is 5.89. The first-order valence-corrected chi connectivity index (χ1v) is 8.11. The van der Waals surface area contributed by atoms with Gasteiger partial charge in [-0.2, -0.15) is 4.98 Å². The zero-order chi connectivity index (χ0) is 14.3. The lowest BCUT2D eigenvalue weighted by Gasteiger charge is -2.36. The summed E-state index contributed by atoms with van der Waals surface area (Å²) >= 11 is 1.74. The molecule has 1 saturated heterocycles. The van der Waals surface area contributed by atoms with Gasteiger partial charge in [0.2, 0.25) is 5.95 Å². The van der Waals surface area contributed by atoms with Crippen molar-refractivity contribution in [2.24, 2.45) is 11.8 Å². The molecule has 0 spiro atoms. The molecule has 0 saturated carbocycles. The molecule has 1 fully saturated rings. The first-order valence-electron chi connectivity index (χ1n) is 7.29. The predicted octanol–water partition coefficient (Wildman–Crippen LogP) is 3.52. The van der Waals surface area contributed by atoms with Crippen LogP contribution in [0, 0.1) is 18.8 Å². The van der Waals surface area contributed by atoms with E-state index >= 15 is 0 Å². The molecule has 4 nitrogen and oxygen atoms in total. The van der Waals surface area contributed by atoms with Crippen LogP contribution >= 0.6 is 11.3 Å². The number of aryl methyl sites for hydroxylation is 1. The summed E-state index contributed by atoms with van der Waals surface area (Å²) in [4.78, 5) is 14.1. The molecule has 2 unspecified atom stereocenters. The predicted molar refractivity (Wildman–Crippen MR) is 86.9 cm³/mol. The summed E-state index contributed by atoms with van der Waals surface area (Å²) < 4.78 is 0. The van der Waals surface area contributed by atoms with Crippen LogP contribution in [0.2, 0.25) is 0 Å². The van der Waals surface area contributed by atoms with Crippen molar-refractivity contribution < 1.29 is 0 Å². The SMILES string of the molecule is CNc1nc(N2CCC(C)C(C)C2)c2cc(C)sc2n1. The average Bonchev–Trinajstić information content (AvgIpc) is 2.80. The highest BCUT2D eigenvalue weighted by atomic mass is 32.1. The summed E-state index contributed by atoms with van der Waals surface area (Å²) in [5.41, 5.74) is 0. The van der Waals surface area contributed by atoms with Crippen LogP contribution < -0.4 is 10.2 Å². The first-order chi connectivity index (χ1) is 9.58. The number of thiophene rings is 1. The van der Waals surface area contributed by atoms with Gasteiger partial charge in [0.25, 0.3) is 0 Å².